The Hall–Kier alpha value is -3.03. The molecule has 3 N–H and O–H groups in total. The van der Waals surface area contributed by atoms with E-state index in [1.165, 1.54) is 6.21 Å². The number of nitrogens with two attached hydrogens (primary N) is 1. The fraction of sp³-hybridized carbons (Fsp3) is 0.0833. The lowest BCUT2D eigenvalue weighted by Crippen LogP contribution is -2.24. The Morgan fingerprint density at radius 2 is 2.20 bits per heavy atom. The fourth-order valence-electron chi connectivity index (χ4n) is 1.36. The third-order valence-corrected chi connectivity index (χ3v) is 2.19. The van der Waals surface area contributed by atoms with Crippen molar-refractivity contribution in [1.82, 2.24) is 25.6 Å². The van der Waals surface area contributed by atoms with Crippen molar-refractivity contribution in [3.63, 3.8) is 0 Å². The van der Waals surface area contributed by atoms with Crippen molar-refractivity contribution in [2.75, 3.05) is 5.73 Å². The molecule has 1 amide bonds. The van der Waals surface area contributed by atoms with Gasteiger partial charge in [0.15, 0.2) is 0 Å². The minimum atomic E-state index is -0.369. The maximum atomic E-state index is 11.4. The van der Waals surface area contributed by atoms with Crippen molar-refractivity contribution in [1.29, 1.82) is 0 Å². The van der Waals surface area contributed by atoms with Crippen LogP contribution in [0.1, 0.15) is 5.56 Å². The predicted octanol–water partition coefficient (Wildman–Crippen LogP) is 0.0707. The molecule has 20 heavy (non-hydrogen) atoms. The van der Waals surface area contributed by atoms with E-state index in [0.717, 1.165) is 10.4 Å². The number of tetrazole rings is 1. The molecule has 1 aromatic heterocycles. The predicted molar refractivity (Wildman–Crippen MR) is 74.3 cm³/mol. The van der Waals surface area contributed by atoms with E-state index in [-0.39, 0.29) is 18.4 Å². The highest BCUT2D eigenvalue weighted by atomic mass is 16.2. The first-order valence-corrected chi connectivity index (χ1v) is 5.81. The van der Waals surface area contributed by atoms with Crippen LogP contribution < -0.4 is 11.2 Å². The lowest BCUT2D eigenvalue weighted by Gasteiger charge is -1.96. The van der Waals surface area contributed by atoms with Gasteiger partial charge in [0.25, 0.3) is 11.9 Å². The second-order valence-electron chi connectivity index (χ2n) is 3.76. The van der Waals surface area contributed by atoms with E-state index < -0.39 is 0 Å². The summed E-state index contributed by atoms with van der Waals surface area (Å²) < 4.78 is 0. The number of nitrogen functional groups attached to an aromatic ring is 1. The Morgan fingerprint density at radius 3 is 2.90 bits per heavy atom. The van der Waals surface area contributed by atoms with Crippen LogP contribution in [0.15, 0.2) is 41.5 Å². The first-order chi connectivity index (χ1) is 9.74. The third-order valence-electron chi connectivity index (χ3n) is 2.19. The van der Waals surface area contributed by atoms with Crippen LogP contribution in [-0.4, -0.2) is 32.3 Å². The minimum absolute atomic E-state index is 0.0205. The molecular weight excluding hydrogens is 258 g/mol. The Bertz CT molecular complexity index is 618. The van der Waals surface area contributed by atoms with E-state index >= 15 is 0 Å². The SMILES string of the molecule is Nc1nnn(CC(=O)N/N=C\C=C\c2ccccc2)n1. The molecule has 0 aliphatic heterocycles. The molecule has 0 bridgehead atoms. The van der Waals surface area contributed by atoms with Crippen molar-refractivity contribution in [3.8, 4) is 0 Å². The summed E-state index contributed by atoms with van der Waals surface area (Å²) in [6.07, 6.45) is 5.07. The van der Waals surface area contributed by atoms with Crippen LogP contribution in [0.5, 0.6) is 0 Å². The highest BCUT2D eigenvalue weighted by molar-refractivity contribution is 5.81. The summed E-state index contributed by atoms with van der Waals surface area (Å²) in [4.78, 5) is 12.5. The molecule has 1 aromatic carbocycles. The zero-order valence-electron chi connectivity index (χ0n) is 10.5. The topological polar surface area (TPSA) is 111 Å². The minimum Gasteiger partial charge on any atom is -0.365 e. The Balaban J connectivity index is 1.76. The summed E-state index contributed by atoms with van der Waals surface area (Å²) in [5.74, 6) is -0.348. The highest BCUT2D eigenvalue weighted by Crippen LogP contribution is 1.99. The largest absolute Gasteiger partial charge is 0.365 e. The maximum Gasteiger partial charge on any atom is 0.263 e. The molecule has 0 saturated carbocycles. The van der Waals surface area contributed by atoms with E-state index in [4.69, 9.17) is 5.73 Å². The van der Waals surface area contributed by atoms with Gasteiger partial charge in [-0.1, -0.05) is 41.5 Å². The lowest BCUT2D eigenvalue weighted by molar-refractivity contribution is -0.122. The number of aromatic nitrogens is 4. The number of hydrogen-bond acceptors (Lipinski definition) is 6. The van der Waals surface area contributed by atoms with Crippen LogP contribution in [0.3, 0.4) is 0 Å². The average molecular weight is 271 g/mol. The molecule has 0 spiro atoms. The summed E-state index contributed by atoms with van der Waals surface area (Å²) in [6, 6.07) is 9.74. The number of allylic oxidation sites excluding steroid dienone is 1. The van der Waals surface area contributed by atoms with E-state index in [0.29, 0.717) is 0 Å². The van der Waals surface area contributed by atoms with E-state index in [1.54, 1.807) is 6.08 Å². The van der Waals surface area contributed by atoms with Crippen LogP contribution in [-0.2, 0) is 11.3 Å². The molecule has 0 aliphatic rings. The molecule has 1 heterocycles. The van der Waals surface area contributed by atoms with Crippen LogP contribution in [0.4, 0.5) is 5.95 Å². The normalized spacial score (nSPS) is 11.2. The van der Waals surface area contributed by atoms with Crippen molar-refractivity contribution < 1.29 is 4.79 Å². The van der Waals surface area contributed by atoms with Crippen LogP contribution in [0.25, 0.3) is 6.08 Å². The molecule has 8 heteroatoms. The average Bonchev–Trinajstić information content (AvgIpc) is 2.85. The molecule has 8 nitrogen and oxygen atoms in total. The lowest BCUT2D eigenvalue weighted by atomic mass is 10.2. The fourth-order valence-corrected chi connectivity index (χ4v) is 1.36. The van der Waals surface area contributed by atoms with E-state index in [2.05, 4.69) is 25.9 Å². The number of amides is 1. The van der Waals surface area contributed by atoms with Crippen LogP contribution >= 0.6 is 0 Å². The van der Waals surface area contributed by atoms with Gasteiger partial charge in [-0.2, -0.15) is 9.90 Å². The highest BCUT2D eigenvalue weighted by Gasteiger charge is 2.03. The van der Waals surface area contributed by atoms with Gasteiger partial charge in [-0.25, -0.2) is 5.43 Å². The molecule has 0 unspecified atom stereocenters. The molecule has 2 aromatic rings. The summed E-state index contributed by atoms with van der Waals surface area (Å²) >= 11 is 0. The van der Waals surface area contributed by atoms with Crippen LogP contribution in [0, 0.1) is 0 Å². The smallest absolute Gasteiger partial charge is 0.263 e. The molecule has 102 valence electrons. The Labute approximate surface area is 115 Å². The standard InChI is InChI=1S/C12H13N7O/c13-12-16-18-19(17-12)9-11(20)15-14-8-4-7-10-5-2-1-3-6-10/h1-8H,9H2,(H2,13,17)(H,15,20)/b7-4+,14-8-. The molecular formula is C12H13N7O. The number of rotatable bonds is 5. The first kappa shape index (κ1) is 13.4. The third kappa shape index (κ3) is 4.33. The van der Waals surface area contributed by atoms with Crippen molar-refractivity contribution >= 4 is 24.1 Å². The molecule has 2 rings (SSSR count). The Morgan fingerprint density at radius 1 is 1.40 bits per heavy atom. The monoisotopic (exact) mass is 271 g/mol. The number of hydrogen-bond donors (Lipinski definition) is 2. The summed E-state index contributed by atoms with van der Waals surface area (Å²) in [6.45, 7) is -0.0933. The summed E-state index contributed by atoms with van der Waals surface area (Å²) in [5, 5.41) is 14.4. The molecule has 0 saturated heterocycles. The van der Waals surface area contributed by atoms with Crippen molar-refractivity contribution in [2.45, 2.75) is 6.54 Å². The number of benzene rings is 1. The molecule has 0 radical (unpaired) electrons. The second kappa shape index (κ2) is 6.78. The Kier molecular flexibility index (Phi) is 4.55. The molecule has 0 aliphatic carbocycles. The summed E-state index contributed by atoms with van der Waals surface area (Å²) in [7, 11) is 0. The van der Waals surface area contributed by atoms with Crippen molar-refractivity contribution in [2.24, 2.45) is 5.10 Å². The second-order valence-corrected chi connectivity index (χ2v) is 3.76. The number of hydrazone groups is 1. The maximum absolute atomic E-state index is 11.4. The number of anilines is 1. The number of carbonyl (C=O) groups is 1. The van der Waals surface area contributed by atoms with Gasteiger partial charge in [0.1, 0.15) is 6.54 Å². The number of nitrogens with one attached hydrogen (secondary N) is 1. The number of carbonyl (C=O) groups excluding carboxylic acids is 1. The zero-order chi connectivity index (χ0) is 14.2. The van der Waals surface area contributed by atoms with Gasteiger partial charge in [-0.15, -0.1) is 5.10 Å². The summed E-state index contributed by atoms with van der Waals surface area (Å²) in [5.41, 5.74) is 8.66. The van der Waals surface area contributed by atoms with Gasteiger partial charge < -0.3 is 5.73 Å². The quantitative estimate of drug-likeness (QED) is 0.590. The van der Waals surface area contributed by atoms with E-state index in [1.807, 2.05) is 36.4 Å². The van der Waals surface area contributed by atoms with Crippen LogP contribution in [0.2, 0.25) is 0 Å². The van der Waals surface area contributed by atoms with Gasteiger partial charge in [0.2, 0.25) is 0 Å². The molecule has 0 atom stereocenters. The van der Waals surface area contributed by atoms with Gasteiger partial charge in [-0.05, 0) is 16.9 Å². The number of nitrogens with zero attached hydrogens (tertiary/aromatic N) is 5. The van der Waals surface area contributed by atoms with E-state index in [9.17, 15) is 4.79 Å². The van der Waals surface area contributed by atoms with Gasteiger partial charge >= 0.3 is 0 Å². The zero-order valence-corrected chi connectivity index (χ0v) is 10.5. The van der Waals surface area contributed by atoms with Gasteiger partial charge in [-0.3, -0.25) is 4.79 Å². The first-order valence-electron chi connectivity index (χ1n) is 5.81. The van der Waals surface area contributed by atoms with Crippen molar-refractivity contribution in [3.05, 3.63) is 42.0 Å². The van der Waals surface area contributed by atoms with Gasteiger partial charge in [0.05, 0.1) is 0 Å². The van der Waals surface area contributed by atoms with Gasteiger partial charge in [0, 0.05) is 6.21 Å². The molecule has 0 fully saturated rings.